The normalized spacial score (nSPS) is 15.0. The van der Waals surface area contributed by atoms with Crippen molar-refractivity contribution in [2.24, 2.45) is 0 Å². The van der Waals surface area contributed by atoms with Gasteiger partial charge in [0.25, 0.3) is 0 Å². The van der Waals surface area contributed by atoms with Crippen molar-refractivity contribution in [3.05, 3.63) is 24.3 Å². The molecule has 1 saturated heterocycles. The SMILES string of the molecule is CC(=O)Nc1cccc(N(CC(=O)N2CCOCC2)S(C)(=O)=O)c1. The predicted octanol–water partition coefficient (Wildman–Crippen LogP) is 0.270. The molecule has 0 aliphatic carbocycles. The first-order valence-corrected chi connectivity index (χ1v) is 9.33. The molecule has 2 amide bonds. The van der Waals surface area contributed by atoms with E-state index in [2.05, 4.69) is 5.32 Å². The highest BCUT2D eigenvalue weighted by atomic mass is 32.2. The number of hydrogen-bond acceptors (Lipinski definition) is 5. The van der Waals surface area contributed by atoms with Crippen molar-refractivity contribution >= 4 is 33.2 Å². The number of amides is 2. The largest absolute Gasteiger partial charge is 0.378 e. The number of nitrogens with one attached hydrogen (secondary N) is 1. The molecule has 8 nitrogen and oxygen atoms in total. The number of carbonyl (C=O) groups is 2. The van der Waals surface area contributed by atoms with Crippen LogP contribution >= 0.6 is 0 Å². The molecule has 9 heteroatoms. The average Bonchev–Trinajstić information content (AvgIpc) is 2.51. The Morgan fingerprint density at radius 2 is 1.96 bits per heavy atom. The third kappa shape index (κ3) is 4.93. The summed E-state index contributed by atoms with van der Waals surface area (Å²) in [5.41, 5.74) is 0.790. The summed E-state index contributed by atoms with van der Waals surface area (Å²) in [4.78, 5) is 25.1. The quantitative estimate of drug-likeness (QED) is 0.818. The van der Waals surface area contributed by atoms with Gasteiger partial charge in [-0.05, 0) is 18.2 Å². The van der Waals surface area contributed by atoms with E-state index in [-0.39, 0.29) is 18.4 Å². The number of carbonyl (C=O) groups excluding carboxylic acids is 2. The summed E-state index contributed by atoms with van der Waals surface area (Å²) in [5, 5.41) is 2.60. The van der Waals surface area contributed by atoms with Crippen LogP contribution in [0.1, 0.15) is 6.92 Å². The lowest BCUT2D eigenvalue weighted by Gasteiger charge is -2.30. The van der Waals surface area contributed by atoms with Crippen LogP contribution in [0.25, 0.3) is 0 Å². The molecule has 2 rings (SSSR count). The summed E-state index contributed by atoms with van der Waals surface area (Å²) < 4.78 is 30.5. The van der Waals surface area contributed by atoms with Gasteiger partial charge in [0.1, 0.15) is 6.54 Å². The van der Waals surface area contributed by atoms with E-state index in [0.717, 1.165) is 10.6 Å². The summed E-state index contributed by atoms with van der Waals surface area (Å²) in [7, 11) is -3.66. The van der Waals surface area contributed by atoms with E-state index in [0.29, 0.717) is 37.7 Å². The molecular weight excluding hydrogens is 334 g/mol. The molecule has 0 saturated carbocycles. The van der Waals surface area contributed by atoms with Gasteiger partial charge in [0.15, 0.2) is 0 Å². The monoisotopic (exact) mass is 355 g/mol. The van der Waals surface area contributed by atoms with Gasteiger partial charge in [0.05, 0.1) is 25.2 Å². The molecule has 0 radical (unpaired) electrons. The fraction of sp³-hybridized carbons (Fsp3) is 0.467. The van der Waals surface area contributed by atoms with Gasteiger partial charge in [-0.3, -0.25) is 13.9 Å². The Labute approximate surface area is 141 Å². The van der Waals surface area contributed by atoms with Crippen molar-refractivity contribution < 1.29 is 22.7 Å². The summed E-state index contributed by atoms with van der Waals surface area (Å²) >= 11 is 0. The maximum Gasteiger partial charge on any atom is 0.243 e. The second-order valence-corrected chi connectivity index (χ2v) is 7.40. The van der Waals surface area contributed by atoms with Crippen LogP contribution in [0.5, 0.6) is 0 Å². The van der Waals surface area contributed by atoms with Crippen molar-refractivity contribution in [1.29, 1.82) is 0 Å². The van der Waals surface area contributed by atoms with Crippen LogP contribution < -0.4 is 9.62 Å². The summed E-state index contributed by atoms with van der Waals surface area (Å²) in [6.07, 6.45) is 1.05. The Kier molecular flexibility index (Phi) is 5.79. The molecule has 1 aromatic carbocycles. The predicted molar refractivity (Wildman–Crippen MR) is 90.3 cm³/mol. The molecule has 24 heavy (non-hydrogen) atoms. The van der Waals surface area contributed by atoms with Gasteiger partial charge < -0.3 is 15.0 Å². The average molecular weight is 355 g/mol. The Bertz CT molecular complexity index is 714. The van der Waals surface area contributed by atoms with E-state index in [4.69, 9.17) is 4.74 Å². The van der Waals surface area contributed by atoms with E-state index < -0.39 is 10.0 Å². The van der Waals surface area contributed by atoms with Crippen LogP contribution in [0.3, 0.4) is 0 Å². The van der Waals surface area contributed by atoms with Crippen LogP contribution in [0.15, 0.2) is 24.3 Å². The molecule has 0 bridgehead atoms. The summed E-state index contributed by atoms with van der Waals surface area (Å²) in [6, 6.07) is 6.38. The third-order valence-corrected chi connectivity index (χ3v) is 4.64. The fourth-order valence-corrected chi connectivity index (χ4v) is 3.22. The van der Waals surface area contributed by atoms with Crippen LogP contribution in [0.2, 0.25) is 0 Å². The van der Waals surface area contributed by atoms with Gasteiger partial charge in [-0.2, -0.15) is 0 Å². The first-order valence-electron chi connectivity index (χ1n) is 7.48. The zero-order valence-electron chi connectivity index (χ0n) is 13.7. The minimum atomic E-state index is -3.66. The topological polar surface area (TPSA) is 96.0 Å². The minimum absolute atomic E-state index is 0.262. The molecule has 1 fully saturated rings. The zero-order valence-corrected chi connectivity index (χ0v) is 14.5. The van der Waals surface area contributed by atoms with Gasteiger partial charge in [-0.15, -0.1) is 0 Å². The minimum Gasteiger partial charge on any atom is -0.378 e. The van der Waals surface area contributed by atoms with E-state index in [1.807, 2.05) is 0 Å². The lowest BCUT2D eigenvalue weighted by atomic mass is 10.2. The molecule has 0 spiro atoms. The highest BCUT2D eigenvalue weighted by Gasteiger charge is 2.25. The maximum absolute atomic E-state index is 12.4. The van der Waals surface area contributed by atoms with Gasteiger partial charge in [0.2, 0.25) is 21.8 Å². The first kappa shape index (κ1) is 18.2. The molecule has 132 valence electrons. The first-order chi connectivity index (χ1) is 11.3. The Hall–Kier alpha value is -2.13. The van der Waals surface area contributed by atoms with E-state index >= 15 is 0 Å². The highest BCUT2D eigenvalue weighted by molar-refractivity contribution is 7.92. The molecule has 1 aliphatic heterocycles. The van der Waals surface area contributed by atoms with E-state index in [1.165, 1.54) is 13.0 Å². The summed E-state index contributed by atoms with van der Waals surface area (Å²) in [6.45, 7) is 2.86. The molecule has 1 aromatic rings. The Morgan fingerprint density at radius 1 is 1.29 bits per heavy atom. The number of morpholine rings is 1. The van der Waals surface area contributed by atoms with Gasteiger partial charge in [-0.25, -0.2) is 8.42 Å². The number of sulfonamides is 1. The molecule has 1 N–H and O–H groups in total. The smallest absolute Gasteiger partial charge is 0.243 e. The number of nitrogens with zero attached hydrogens (tertiary/aromatic N) is 2. The van der Waals surface area contributed by atoms with Crippen LogP contribution in [-0.2, 0) is 24.3 Å². The fourth-order valence-electron chi connectivity index (χ4n) is 2.38. The number of anilines is 2. The Balaban J connectivity index is 2.22. The number of benzene rings is 1. The second kappa shape index (κ2) is 7.63. The van der Waals surface area contributed by atoms with Gasteiger partial charge >= 0.3 is 0 Å². The van der Waals surface area contributed by atoms with Gasteiger partial charge in [0, 0.05) is 25.7 Å². The number of rotatable bonds is 5. The lowest BCUT2D eigenvalue weighted by molar-refractivity contribution is -0.133. The molecule has 0 unspecified atom stereocenters. The van der Waals surface area contributed by atoms with Crippen LogP contribution in [-0.4, -0.2) is 64.2 Å². The molecular formula is C15H21N3O5S. The van der Waals surface area contributed by atoms with Crippen LogP contribution in [0.4, 0.5) is 11.4 Å². The standard InChI is InChI=1S/C15H21N3O5S/c1-12(19)16-13-4-3-5-14(10-13)18(24(2,21)22)11-15(20)17-6-8-23-9-7-17/h3-5,10H,6-9,11H2,1-2H3,(H,16,19). The lowest BCUT2D eigenvalue weighted by Crippen LogP contribution is -2.47. The van der Waals surface area contributed by atoms with Crippen molar-refractivity contribution in [2.75, 3.05) is 48.7 Å². The third-order valence-electron chi connectivity index (χ3n) is 3.50. The number of ether oxygens (including phenoxy) is 1. The highest BCUT2D eigenvalue weighted by Crippen LogP contribution is 2.22. The molecule has 0 aromatic heterocycles. The summed E-state index contributed by atoms with van der Waals surface area (Å²) in [5.74, 6) is -0.545. The van der Waals surface area contributed by atoms with Crippen LogP contribution in [0, 0.1) is 0 Å². The van der Waals surface area contributed by atoms with Crippen molar-refractivity contribution in [1.82, 2.24) is 4.90 Å². The Morgan fingerprint density at radius 3 is 2.54 bits per heavy atom. The van der Waals surface area contributed by atoms with Crippen molar-refractivity contribution in [3.8, 4) is 0 Å². The molecule has 1 aliphatic rings. The second-order valence-electron chi connectivity index (χ2n) is 5.49. The van der Waals surface area contributed by atoms with Crippen molar-refractivity contribution in [2.45, 2.75) is 6.92 Å². The van der Waals surface area contributed by atoms with E-state index in [1.54, 1.807) is 23.1 Å². The van der Waals surface area contributed by atoms with E-state index in [9.17, 15) is 18.0 Å². The molecule has 1 heterocycles. The van der Waals surface area contributed by atoms with Gasteiger partial charge in [-0.1, -0.05) is 6.07 Å². The zero-order chi connectivity index (χ0) is 17.7. The molecule has 0 atom stereocenters. The van der Waals surface area contributed by atoms with Crippen molar-refractivity contribution in [3.63, 3.8) is 0 Å². The number of hydrogen-bond donors (Lipinski definition) is 1. The maximum atomic E-state index is 12.4.